The summed E-state index contributed by atoms with van der Waals surface area (Å²) in [5, 5.41) is 0. The maximum absolute atomic E-state index is 11.8. The number of hydrogen-bond acceptors (Lipinski definition) is 4. The minimum Gasteiger partial charge on any atom is -0.470 e. The SMILES string of the molecule is O=C1CC(=O)OB(F)O1. The molecular weight excluding hydrogens is 130 g/mol. The van der Waals surface area contributed by atoms with E-state index in [-0.39, 0.29) is 0 Å². The van der Waals surface area contributed by atoms with Gasteiger partial charge in [0, 0.05) is 0 Å². The minimum absolute atomic E-state index is 0.500. The number of halogens is 1. The normalized spacial score (nSPS) is 19.0. The lowest BCUT2D eigenvalue weighted by molar-refractivity contribution is -0.153. The van der Waals surface area contributed by atoms with Crippen LogP contribution in [0.5, 0.6) is 0 Å². The lowest BCUT2D eigenvalue weighted by Gasteiger charge is -2.10. The number of hydrogen-bond donors (Lipinski definition) is 0. The molecule has 1 heterocycles. The summed E-state index contributed by atoms with van der Waals surface area (Å²) in [6.45, 7) is 0. The predicted octanol–water partition coefficient (Wildman–Crippen LogP) is -0.569. The van der Waals surface area contributed by atoms with E-state index in [0.717, 1.165) is 0 Å². The highest BCUT2D eigenvalue weighted by Crippen LogP contribution is 2.04. The molecule has 0 aliphatic carbocycles. The Morgan fingerprint density at radius 1 is 1.33 bits per heavy atom. The molecule has 0 saturated carbocycles. The van der Waals surface area contributed by atoms with Crippen LogP contribution in [0.3, 0.4) is 0 Å². The summed E-state index contributed by atoms with van der Waals surface area (Å²) in [4.78, 5) is 20.2. The van der Waals surface area contributed by atoms with Gasteiger partial charge >= 0.3 is 19.3 Å². The highest BCUT2D eigenvalue weighted by atomic mass is 19.1. The zero-order valence-electron chi connectivity index (χ0n) is 4.30. The van der Waals surface area contributed by atoms with Crippen LogP contribution in [0.4, 0.5) is 4.32 Å². The smallest absolute Gasteiger partial charge is 0.470 e. The molecule has 0 atom stereocenters. The topological polar surface area (TPSA) is 52.6 Å². The monoisotopic (exact) mass is 132 g/mol. The maximum Gasteiger partial charge on any atom is 0.834 e. The fourth-order valence-corrected chi connectivity index (χ4v) is 0.432. The van der Waals surface area contributed by atoms with E-state index in [1.54, 1.807) is 0 Å². The Balaban J connectivity index is 2.53. The number of rotatable bonds is 0. The molecule has 0 aromatic carbocycles. The van der Waals surface area contributed by atoms with E-state index in [2.05, 4.69) is 9.31 Å². The summed E-state index contributed by atoms with van der Waals surface area (Å²) < 4.78 is 19.4. The standard InChI is InChI=1S/C3H2BFO4/c5-4-8-2(6)1-3(7)9-4/h1H2. The van der Waals surface area contributed by atoms with E-state index in [4.69, 9.17) is 0 Å². The maximum atomic E-state index is 11.8. The van der Waals surface area contributed by atoms with Gasteiger partial charge < -0.3 is 9.31 Å². The van der Waals surface area contributed by atoms with Gasteiger partial charge in [0.2, 0.25) is 0 Å². The molecule has 1 fully saturated rings. The molecule has 48 valence electrons. The molecule has 1 saturated heterocycles. The highest BCUT2D eigenvalue weighted by Gasteiger charge is 2.36. The molecule has 1 aliphatic rings. The average Bonchev–Trinajstić information content (AvgIpc) is 1.59. The van der Waals surface area contributed by atoms with E-state index in [0.29, 0.717) is 0 Å². The second-order valence-electron chi connectivity index (χ2n) is 1.43. The van der Waals surface area contributed by atoms with Gasteiger partial charge in [-0.2, -0.15) is 0 Å². The van der Waals surface area contributed by atoms with Crippen LogP contribution in [0, 0.1) is 0 Å². The van der Waals surface area contributed by atoms with Gasteiger partial charge in [-0.25, -0.2) is 4.32 Å². The first kappa shape index (κ1) is 6.06. The molecule has 0 N–H and O–H groups in total. The molecule has 1 aliphatic heterocycles. The first-order chi connectivity index (χ1) is 4.18. The zero-order valence-corrected chi connectivity index (χ0v) is 4.30. The quantitative estimate of drug-likeness (QED) is 0.327. The largest absolute Gasteiger partial charge is 0.834 e. The van der Waals surface area contributed by atoms with Crippen molar-refractivity contribution in [1.29, 1.82) is 0 Å². The fourth-order valence-electron chi connectivity index (χ4n) is 0.432. The Morgan fingerprint density at radius 2 is 1.78 bits per heavy atom. The van der Waals surface area contributed by atoms with Crippen molar-refractivity contribution in [3.05, 3.63) is 0 Å². The van der Waals surface area contributed by atoms with Crippen molar-refractivity contribution < 1.29 is 23.2 Å². The van der Waals surface area contributed by atoms with Gasteiger partial charge in [0.25, 0.3) is 0 Å². The molecule has 6 heteroatoms. The molecule has 0 unspecified atom stereocenters. The minimum atomic E-state index is -2.21. The second-order valence-corrected chi connectivity index (χ2v) is 1.43. The molecular formula is C3H2BFO4. The third-order valence-corrected chi connectivity index (χ3v) is 0.737. The Bertz CT molecular complexity index is 142. The molecule has 0 amide bonds. The lowest BCUT2D eigenvalue weighted by Crippen LogP contribution is -2.32. The molecule has 0 spiro atoms. The molecule has 0 radical (unpaired) electrons. The van der Waals surface area contributed by atoms with Crippen LogP contribution in [-0.2, 0) is 18.9 Å². The van der Waals surface area contributed by atoms with Crippen LogP contribution in [0.25, 0.3) is 0 Å². The fraction of sp³-hybridized carbons (Fsp3) is 0.333. The van der Waals surface area contributed by atoms with E-state index in [9.17, 15) is 13.9 Å². The molecule has 9 heavy (non-hydrogen) atoms. The third kappa shape index (κ3) is 1.41. The lowest BCUT2D eigenvalue weighted by atomic mass is 10.2. The Labute approximate surface area is 50.1 Å². The van der Waals surface area contributed by atoms with Gasteiger partial charge in [-0.15, -0.1) is 0 Å². The van der Waals surface area contributed by atoms with Gasteiger partial charge in [-0.05, 0) is 0 Å². The molecule has 0 bridgehead atoms. The Morgan fingerprint density at radius 3 is 2.11 bits per heavy atom. The first-order valence-electron chi connectivity index (χ1n) is 2.21. The summed E-state index contributed by atoms with van der Waals surface area (Å²) in [6, 6.07) is 0. The molecule has 0 aromatic heterocycles. The first-order valence-corrected chi connectivity index (χ1v) is 2.21. The van der Waals surface area contributed by atoms with Crippen LogP contribution >= 0.6 is 0 Å². The van der Waals surface area contributed by atoms with Crippen molar-refractivity contribution in [2.75, 3.05) is 0 Å². The second kappa shape index (κ2) is 2.04. The van der Waals surface area contributed by atoms with Gasteiger partial charge in [0.1, 0.15) is 6.42 Å². The van der Waals surface area contributed by atoms with Crippen molar-refractivity contribution in [1.82, 2.24) is 0 Å². The van der Waals surface area contributed by atoms with E-state index in [1.165, 1.54) is 0 Å². The van der Waals surface area contributed by atoms with E-state index >= 15 is 0 Å². The summed E-state index contributed by atoms with van der Waals surface area (Å²) in [6.07, 6.45) is -0.500. The van der Waals surface area contributed by atoms with Gasteiger partial charge in [0.15, 0.2) is 0 Å². The van der Waals surface area contributed by atoms with Gasteiger partial charge in [-0.1, -0.05) is 0 Å². The van der Waals surface area contributed by atoms with Crippen molar-refractivity contribution in [3.63, 3.8) is 0 Å². The predicted molar refractivity (Wildman–Crippen MR) is 23.7 cm³/mol. The van der Waals surface area contributed by atoms with Gasteiger partial charge in [-0.3, -0.25) is 9.59 Å². The van der Waals surface area contributed by atoms with Crippen molar-refractivity contribution in [3.8, 4) is 0 Å². The average molecular weight is 132 g/mol. The third-order valence-electron chi connectivity index (χ3n) is 0.737. The van der Waals surface area contributed by atoms with Gasteiger partial charge in [0.05, 0.1) is 0 Å². The summed E-state index contributed by atoms with van der Waals surface area (Å²) in [7, 11) is -2.21. The van der Waals surface area contributed by atoms with Crippen LogP contribution in [0.15, 0.2) is 0 Å². The summed E-state index contributed by atoms with van der Waals surface area (Å²) >= 11 is 0. The van der Waals surface area contributed by atoms with Crippen LogP contribution in [-0.4, -0.2) is 19.3 Å². The Kier molecular flexibility index (Phi) is 1.38. The molecule has 0 aromatic rings. The van der Waals surface area contributed by atoms with Crippen LogP contribution in [0.1, 0.15) is 6.42 Å². The summed E-state index contributed by atoms with van der Waals surface area (Å²) in [5.74, 6) is -1.78. The highest BCUT2D eigenvalue weighted by molar-refractivity contribution is 6.43. The van der Waals surface area contributed by atoms with Crippen molar-refractivity contribution >= 4 is 19.3 Å². The molecule has 1 rings (SSSR count). The summed E-state index contributed by atoms with van der Waals surface area (Å²) in [5.41, 5.74) is 0. The van der Waals surface area contributed by atoms with Crippen molar-refractivity contribution in [2.45, 2.75) is 6.42 Å². The van der Waals surface area contributed by atoms with E-state index in [1.807, 2.05) is 0 Å². The number of carbonyl (C=O) groups excluding carboxylic acids is 2. The molecule has 4 nitrogen and oxygen atoms in total. The van der Waals surface area contributed by atoms with Crippen LogP contribution in [0.2, 0.25) is 0 Å². The van der Waals surface area contributed by atoms with Crippen LogP contribution < -0.4 is 0 Å². The zero-order chi connectivity index (χ0) is 6.85. The van der Waals surface area contributed by atoms with Crippen molar-refractivity contribution in [2.24, 2.45) is 0 Å². The van der Waals surface area contributed by atoms with E-state index < -0.39 is 25.8 Å². The number of carbonyl (C=O) groups is 2. The Hall–Kier alpha value is -1.07.